The van der Waals surface area contributed by atoms with Gasteiger partial charge in [-0.2, -0.15) is 0 Å². The lowest BCUT2D eigenvalue weighted by Crippen LogP contribution is -2.37. The second kappa shape index (κ2) is 6.38. The van der Waals surface area contributed by atoms with Gasteiger partial charge >= 0.3 is 0 Å². The predicted octanol–water partition coefficient (Wildman–Crippen LogP) is 2.55. The fraction of sp³-hybridized carbons (Fsp3) is 0.286. The molecule has 1 amide bonds. The summed E-state index contributed by atoms with van der Waals surface area (Å²) < 4.78 is 1.09. The first kappa shape index (κ1) is 14.3. The molecule has 0 aliphatic carbocycles. The molecule has 0 spiro atoms. The Morgan fingerprint density at radius 1 is 1.50 bits per heavy atom. The van der Waals surface area contributed by atoms with Crippen molar-refractivity contribution in [2.45, 2.75) is 25.8 Å². The Balaban J connectivity index is 2.10. The summed E-state index contributed by atoms with van der Waals surface area (Å²) >= 11 is 1.46. The van der Waals surface area contributed by atoms with Crippen LogP contribution >= 0.6 is 11.3 Å². The summed E-state index contributed by atoms with van der Waals surface area (Å²) in [4.78, 5) is 12.9. The van der Waals surface area contributed by atoms with Crippen LogP contribution < -0.4 is 11.1 Å². The van der Waals surface area contributed by atoms with Gasteiger partial charge in [-0.1, -0.05) is 30.3 Å². The van der Waals surface area contributed by atoms with Gasteiger partial charge in [-0.15, -0.1) is 11.3 Å². The molecule has 20 heavy (non-hydrogen) atoms. The van der Waals surface area contributed by atoms with Gasteiger partial charge in [-0.3, -0.25) is 4.79 Å². The summed E-state index contributed by atoms with van der Waals surface area (Å²) in [6.45, 7) is 1.94. The van der Waals surface area contributed by atoms with E-state index < -0.39 is 0 Å². The quantitative estimate of drug-likeness (QED) is 0.342. The normalized spacial score (nSPS) is 13.3. The van der Waals surface area contributed by atoms with Crippen LogP contribution in [0.4, 0.5) is 0 Å². The molecule has 2 aromatic rings. The van der Waals surface area contributed by atoms with Crippen LogP contribution in [-0.4, -0.2) is 23.0 Å². The number of hydrogen-bond donors (Lipinski definition) is 3. The summed E-state index contributed by atoms with van der Waals surface area (Å²) in [7, 11) is 0. The Hall–Kier alpha value is -2.08. The van der Waals surface area contributed by atoms with Crippen molar-refractivity contribution in [1.82, 2.24) is 5.32 Å². The first-order valence-corrected chi connectivity index (χ1v) is 7.21. The number of oxime groups is 1. The zero-order valence-electron chi connectivity index (χ0n) is 11.2. The first-order chi connectivity index (χ1) is 9.63. The minimum absolute atomic E-state index is 0.119. The molecule has 1 aromatic heterocycles. The van der Waals surface area contributed by atoms with Crippen LogP contribution in [0.5, 0.6) is 0 Å². The number of carbonyl (C=O) groups is 1. The largest absolute Gasteiger partial charge is 0.409 e. The van der Waals surface area contributed by atoms with Crippen molar-refractivity contribution in [1.29, 1.82) is 0 Å². The van der Waals surface area contributed by atoms with Gasteiger partial charge in [-0.05, 0) is 23.9 Å². The van der Waals surface area contributed by atoms with Gasteiger partial charge in [0.05, 0.1) is 4.88 Å². The van der Waals surface area contributed by atoms with E-state index in [1.807, 2.05) is 37.3 Å². The minimum atomic E-state index is -0.136. The summed E-state index contributed by atoms with van der Waals surface area (Å²) in [5, 5.41) is 15.5. The van der Waals surface area contributed by atoms with E-state index in [0.29, 0.717) is 17.7 Å². The molecule has 1 atom stereocenters. The van der Waals surface area contributed by atoms with Crippen LogP contribution in [0.2, 0.25) is 0 Å². The molecule has 0 fully saturated rings. The highest BCUT2D eigenvalue weighted by Gasteiger charge is 2.15. The zero-order chi connectivity index (χ0) is 14.5. The molecule has 2 rings (SSSR count). The van der Waals surface area contributed by atoms with Crippen molar-refractivity contribution in [3.05, 3.63) is 35.2 Å². The summed E-state index contributed by atoms with van der Waals surface area (Å²) in [5.74, 6) is -0.00252. The van der Waals surface area contributed by atoms with Crippen LogP contribution in [0.1, 0.15) is 29.4 Å². The van der Waals surface area contributed by atoms with E-state index in [-0.39, 0.29) is 17.8 Å². The molecule has 0 radical (unpaired) electrons. The number of amidine groups is 1. The molecular weight excluding hydrogens is 274 g/mol. The number of nitrogens with zero attached hydrogens (tertiary/aromatic N) is 1. The second-order valence-electron chi connectivity index (χ2n) is 4.52. The molecule has 1 aromatic carbocycles. The average Bonchev–Trinajstić information content (AvgIpc) is 2.90. The maximum atomic E-state index is 12.2. The third-order valence-corrected chi connectivity index (χ3v) is 4.18. The number of nitrogens with one attached hydrogen (secondary N) is 1. The van der Waals surface area contributed by atoms with Crippen molar-refractivity contribution < 1.29 is 10.0 Å². The average molecular weight is 291 g/mol. The van der Waals surface area contributed by atoms with Gasteiger partial charge < -0.3 is 16.3 Å². The molecule has 0 aliphatic heterocycles. The lowest BCUT2D eigenvalue weighted by molar-refractivity contribution is 0.0941. The van der Waals surface area contributed by atoms with E-state index in [0.717, 1.165) is 10.1 Å². The SMILES string of the molecule is CCC(CC(N)=NO)NC(=O)c1cc2ccccc2s1. The Morgan fingerprint density at radius 2 is 2.25 bits per heavy atom. The topological polar surface area (TPSA) is 87.7 Å². The van der Waals surface area contributed by atoms with Gasteiger partial charge in [0, 0.05) is 17.2 Å². The Bertz CT molecular complexity index is 603. The number of thiophene rings is 1. The van der Waals surface area contributed by atoms with Crippen molar-refractivity contribution in [2.75, 3.05) is 0 Å². The molecule has 6 heteroatoms. The lowest BCUT2D eigenvalue weighted by Gasteiger charge is -2.15. The Kier molecular flexibility index (Phi) is 4.57. The predicted molar refractivity (Wildman–Crippen MR) is 81.4 cm³/mol. The summed E-state index contributed by atoms with van der Waals surface area (Å²) in [5.41, 5.74) is 5.48. The fourth-order valence-corrected chi connectivity index (χ4v) is 2.91. The van der Waals surface area contributed by atoms with Gasteiger partial charge in [0.15, 0.2) is 0 Å². The molecule has 0 bridgehead atoms. The highest BCUT2D eigenvalue weighted by Crippen LogP contribution is 2.25. The van der Waals surface area contributed by atoms with Crippen LogP contribution in [0.3, 0.4) is 0 Å². The minimum Gasteiger partial charge on any atom is -0.409 e. The number of carbonyl (C=O) groups excluding carboxylic acids is 1. The monoisotopic (exact) mass is 291 g/mol. The van der Waals surface area contributed by atoms with Gasteiger partial charge in [0.2, 0.25) is 0 Å². The Labute approximate surface area is 121 Å². The lowest BCUT2D eigenvalue weighted by atomic mass is 10.1. The number of fused-ring (bicyclic) bond motifs is 1. The third kappa shape index (κ3) is 3.27. The number of rotatable bonds is 5. The molecule has 0 saturated heterocycles. The van der Waals surface area contributed by atoms with Crippen molar-refractivity contribution in [2.24, 2.45) is 10.9 Å². The molecule has 5 nitrogen and oxygen atoms in total. The van der Waals surface area contributed by atoms with E-state index in [1.54, 1.807) is 0 Å². The number of hydrogen-bond acceptors (Lipinski definition) is 4. The standard InChI is InChI=1S/C14H17N3O2S/c1-2-10(8-13(15)17-19)16-14(18)12-7-9-5-3-4-6-11(9)20-12/h3-7,10,19H,2,8H2,1H3,(H2,15,17)(H,16,18). The van der Waals surface area contributed by atoms with Crippen molar-refractivity contribution in [3.8, 4) is 0 Å². The smallest absolute Gasteiger partial charge is 0.261 e. The van der Waals surface area contributed by atoms with Crippen LogP contribution in [0.25, 0.3) is 10.1 Å². The van der Waals surface area contributed by atoms with E-state index in [9.17, 15) is 4.79 Å². The van der Waals surface area contributed by atoms with Crippen molar-refractivity contribution >= 4 is 33.2 Å². The maximum Gasteiger partial charge on any atom is 0.261 e. The molecule has 106 valence electrons. The fourth-order valence-electron chi connectivity index (χ4n) is 1.94. The van der Waals surface area contributed by atoms with Crippen LogP contribution in [0, 0.1) is 0 Å². The molecule has 4 N–H and O–H groups in total. The van der Waals surface area contributed by atoms with E-state index in [2.05, 4.69) is 10.5 Å². The van der Waals surface area contributed by atoms with Gasteiger partial charge in [-0.25, -0.2) is 0 Å². The molecule has 1 unspecified atom stereocenters. The molecule has 0 saturated carbocycles. The highest BCUT2D eigenvalue weighted by molar-refractivity contribution is 7.20. The van der Waals surface area contributed by atoms with Gasteiger partial charge in [0.25, 0.3) is 5.91 Å². The maximum absolute atomic E-state index is 12.2. The molecular formula is C14H17N3O2S. The van der Waals surface area contributed by atoms with E-state index in [1.165, 1.54) is 11.3 Å². The third-order valence-electron chi connectivity index (χ3n) is 3.06. The number of amides is 1. The highest BCUT2D eigenvalue weighted by atomic mass is 32.1. The van der Waals surface area contributed by atoms with E-state index in [4.69, 9.17) is 10.9 Å². The van der Waals surface area contributed by atoms with Crippen LogP contribution in [-0.2, 0) is 0 Å². The Morgan fingerprint density at radius 3 is 2.90 bits per heavy atom. The van der Waals surface area contributed by atoms with Crippen molar-refractivity contribution in [3.63, 3.8) is 0 Å². The molecule has 1 heterocycles. The first-order valence-electron chi connectivity index (χ1n) is 6.40. The summed E-state index contributed by atoms with van der Waals surface area (Å²) in [6.07, 6.45) is 1.05. The zero-order valence-corrected chi connectivity index (χ0v) is 12.0. The number of nitrogens with two attached hydrogens (primary N) is 1. The van der Waals surface area contributed by atoms with Crippen LogP contribution in [0.15, 0.2) is 35.5 Å². The molecule has 0 aliphatic rings. The van der Waals surface area contributed by atoms with Gasteiger partial charge in [0.1, 0.15) is 5.84 Å². The van der Waals surface area contributed by atoms with E-state index >= 15 is 0 Å². The number of benzene rings is 1. The second-order valence-corrected chi connectivity index (χ2v) is 5.61. The summed E-state index contributed by atoms with van der Waals surface area (Å²) in [6, 6.07) is 9.62.